The molecule has 1 unspecified atom stereocenters. The molecule has 1 atom stereocenters. The normalized spacial score (nSPS) is 15.0. The van der Waals surface area contributed by atoms with E-state index in [4.69, 9.17) is 0 Å². The number of piperidine rings is 1. The predicted molar refractivity (Wildman–Crippen MR) is 116 cm³/mol. The van der Waals surface area contributed by atoms with Crippen molar-refractivity contribution in [2.24, 2.45) is 0 Å². The van der Waals surface area contributed by atoms with Crippen LogP contribution in [0, 0.1) is 0 Å². The summed E-state index contributed by atoms with van der Waals surface area (Å²) in [5.74, 6) is 0.852. The van der Waals surface area contributed by atoms with Crippen molar-refractivity contribution in [1.82, 2.24) is 15.3 Å². The third-order valence-corrected chi connectivity index (χ3v) is 5.40. The van der Waals surface area contributed by atoms with Gasteiger partial charge in [0.25, 0.3) is 5.91 Å². The summed E-state index contributed by atoms with van der Waals surface area (Å²) < 4.78 is 0. The third-order valence-electron chi connectivity index (χ3n) is 5.40. The Bertz CT molecular complexity index is 950. The van der Waals surface area contributed by atoms with E-state index < -0.39 is 0 Å². The lowest BCUT2D eigenvalue weighted by atomic mass is 10.1. The first kappa shape index (κ1) is 19.1. The molecule has 3 aromatic rings. The summed E-state index contributed by atoms with van der Waals surface area (Å²) in [6.07, 6.45) is 7.13. The second kappa shape index (κ2) is 8.86. The first-order valence-corrected chi connectivity index (χ1v) is 10.2. The first-order chi connectivity index (χ1) is 14.2. The van der Waals surface area contributed by atoms with Crippen LogP contribution in [0.4, 0.5) is 5.82 Å². The predicted octanol–water partition coefficient (Wildman–Crippen LogP) is 4.62. The Kier molecular flexibility index (Phi) is 5.84. The van der Waals surface area contributed by atoms with E-state index in [1.165, 1.54) is 19.3 Å². The second-order valence-corrected chi connectivity index (χ2v) is 7.46. The van der Waals surface area contributed by atoms with Crippen molar-refractivity contribution in [3.63, 3.8) is 0 Å². The zero-order valence-electron chi connectivity index (χ0n) is 16.7. The summed E-state index contributed by atoms with van der Waals surface area (Å²) >= 11 is 0. The number of aromatic nitrogens is 2. The molecule has 0 aliphatic carbocycles. The van der Waals surface area contributed by atoms with E-state index >= 15 is 0 Å². The average molecular weight is 386 g/mol. The Labute approximate surface area is 171 Å². The van der Waals surface area contributed by atoms with Gasteiger partial charge in [0.1, 0.15) is 5.69 Å². The van der Waals surface area contributed by atoms with Gasteiger partial charge in [-0.2, -0.15) is 0 Å². The molecule has 0 saturated carbocycles. The number of hydrogen-bond donors (Lipinski definition) is 1. The molecule has 1 N–H and O–H groups in total. The van der Waals surface area contributed by atoms with E-state index in [0.717, 1.165) is 35.7 Å². The van der Waals surface area contributed by atoms with Crippen molar-refractivity contribution >= 4 is 11.7 Å². The van der Waals surface area contributed by atoms with Gasteiger partial charge in [0.15, 0.2) is 5.82 Å². The fourth-order valence-corrected chi connectivity index (χ4v) is 3.76. The average Bonchev–Trinajstić information content (AvgIpc) is 2.80. The molecule has 29 heavy (non-hydrogen) atoms. The minimum absolute atomic E-state index is 0.0472. The molecule has 0 bridgehead atoms. The maximum Gasteiger partial charge on any atom is 0.251 e. The maximum absolute atomic E-state index is 12.6. The molecule has 2 aromatic carbocycles. The number of benzene rings is 2. The molecular weight excluding hydrogens is 360 g/mol. The van der Waals surface area contributed by atoms with Gasteiger partial charge in [0, 0.05) is 36.6 Å². The summed E-state index contributed by atoms with van der Waals surface area (Å²) in [6.45, 7) is 4.03. The molecule has 1 saturated heterocycles. The van der Waals surface area contributed by atoms with E-state index in [1.54, 1.807) is 12.4 Å². The third kappa shape index (κ3) is 4.45. The second-order valence-electron chi connectivity index (χ2n) is 7.46. The van der Waals surface area contributed by atoms with Crippen molar-refractivity contribution < 1.29 is 4.79 Å². The van der Waals surface area contributed by atoms with Gasteiger partial charge in [-0.05, 0) is 43.9 Å². The molecule has 1 aliphatic heterocycles. The number of anilines is 1. The highest BCUT2D eigenvalue weighted by Gasteiger charge is 2.18. The summed E-state index contributed by atoms with van der Waals surface area (Å²) in [5.41, 5.74) is 3.58. The zero-order chi connectivity index (χ0) is 20.1. The molecule has 148 valence electrons. The van der Waals surface area contributed by atoms with Crippen LogP contribution in [0.5, 0.6) is 0 Å². The summed E-state index contributed by atoms with van der Waals surface area (Å²) in [4.78, 5) is 24.1. The van der Waals surface area contributed by atoms with Gasteiger partial charge in [0.2, 0.25) is 0 Å². The highest BCUT2D eigenvalue weighted by Crippen LogP contribution is 2.28. The molecule has 4 rings (SSSR count). The number of rotatable bonds is 5. The van der Waals surface area contributed by atoms with Gasteiger partial charge in [-0.3, -0.25) is 9.78 Å². The first-order valence-electron chi connectivity index (χ1n) is 10.2. The van der Waals surface area contributed by atoms with Gasteiger partial charge in [0.05, 0.1) is 6.04 Å². The number of nitrogens with one attached hydrogen (secondary N) is 1. The lowest BCUT2D eigenvalue weighted by Crippen LogP contribution is -2.30. The molecule has 5 nitrogen and oxygen atoms in total. The van der Waals surface area contributed by atoms with Gasteiger partial charge < -0.3 is 10.2 Å². The molecule has 1 fully saturated rings. The van der Waals surface area contributed by atoms with Crippen LogP contribution >= 0.6 is 0 Å². The lowest BCUT2D eigenvalue weighted by Gasteiger charge is -2.28. The number of carbonyl (C=O) groups is 1. The minimum Gasteiger partial charge on any atom is -0.355 e. The molecule has 1 aliphatic rings. The molecule has 1 amide bonds. The van der Waals surface area contributed by atoms with E-state index in [0.29, 0.717) is 5.56 Å². The number of hydrogen-bond acceptors (Lipinski definition) is 4. The summed E-state index contributed by atoms with van der Waals surface area (Å²) in [6, 6.07) is 17.6. The van der Waals surface area contributed by atoms with Crippen LogP contribution in [0.3, 0.4) is 0 Å². The van der Waals surface area contributed by atoms with E-state index in [9.17, 15) is 4.79 Å². The number of amides is 1. The highest BCUT2D eigenvalue weighted by atomic mass is 16.1. The van der Waals surface area contributed by atoms with Crippen LogP contribution in [-0.2, 0) is 0 Å². The zero-order valence-corrected chi connectivity index (χ0v) is 16.7. The van der Waals surface area contributed by atoms with Crippen LogP contribution in [-0.4, -0.2) is 29.0 Å². The van der Waals surface area contributed by atoms with Crippen molar-refractivity contribution in [3.05, 3.63) is 78.1 Å². The molecule has 1 aromatic heterocycles. The SMILES string of the molecule is CC(NC(=O)c1ccc(-c2nccnc2N2CCCCC2)cc1)c1ccccc1. The molecule has 0 spiro atoms. The standard InChI is InChI=1S/C24H26N4O/c1-18(19-8-4-2-5-9-19)27-24(29)21-12-10-20(11-13-21)22-23(26-15-14-25-22)28-16-6-3-7-17-28/h2,4-5,8-15,18H,3,6-7,16-17H2,1H3,(H,27,29). The highest BCUT2D eigenvalue weighted by molar-refractivity contribution is 5.95. The van der Waals surface area contributed by atoms with E-state index in [2.05, 4.69) is 20.2 Å². The topological polar surface area (TPSA) is 58.1 Å². The van der Waals surface area contributed by atoms with Crippen molar-refractivity contribution in [3.8, 4) is 11.3 Å². The Balaban J connectivity index is 1.50. The lowest BCUT2D eigenvalue weighted by molar-refractivity contribution is 0.0940. The largest absolute Gasteiger partial charge is 0.355 e. The Morgan fingerprint density at radius 1 is 0.931 bits per heavy atom. The minimum atomic E-state index is -0.0803. The van der Waals surface area contributed by atoms with Crippen LogP contribution in [0.1, 0.15) is 48.1 Å². The number of nitrogens with zero attached hydrogens (tertiary/aromatic N) is 3. The van der Waals surface area contributed by atoms with Crippen LogP contribution in [0.15, 0.2) is 67.0 Å². The van der Waals surface area contributed by atoms with Gasteiger partial charge >= 0.3 is 0 Å². The van der Waals surface area contributed by atoms with Crippen molar-refractivity contribution in [2.75, 3.05) is 18.0 Å². The maximum atomic E-state index is 12.6. The van der Waals surface area contributed by atoms with E-state index in [1.807, 2.05) is 61.5 Å². The van der Waals surface area contributed by atoms with Gasteiger partial charge in [-0.25, -0.2) is 4.98 Å². The quantitative estimate of drug-likeness (QED) is 0.695. The Hall–Kier alpha value is -3.21. The van der Waals surface area contributed by atoms with Crippen LogP contribution in [0.2, 0.25) is 0 Å². The summed E-state index contributed by atoms with van der Waals surface area (Å²) in [7, 11) is 0. The van der Waals surface area contributed by atoms with Gasteiger partial charge in [-0.15, -0.1) is 0 Å². The fraction of sp³-hybridized carbons (Fsp3) is 0.292. The Morgan fingerprint density at radius 3 is 2.34 bits per heavy atom. The monoisotopic (exact) mass is 386 g/mol. The number of carbonyl (C=O) groups excluding carboxylic acids is 1. The molecule has 5 heteroatoms. The van der Waals surface area contributed by atoms with Crippen molar-refractivity contribution in [2.45, 2.75) is 32.2 Å². The van der Waals surface area contributed by atoms with Crippen LogP contribution < -0.4 is 10.2 Å². The fourth-order valence-electron chi connectivity index (χ4n) is 3.76. The van der Waals surface area contributed by atoms with Gasteiger partial charge in [-0.1, -0.05) is 42.5 Å². The van der Waals surface area contributed by atoms with E-state index in [-0.39, 0.29) is 11.9 Å². The van der Waals surface area contributed by atoms with Crippen molar-refractivity contribution in [1.29, 1.82) is 0 Å². The summed E-state index contributed by atoms with van der Waals surface area (Å²) in [5, 5.41) is 3.06. The molecular formula is C24H26N4O. The molecule has 0 radical (unpaired) electrons. The smallest absolute Gasteiger partial charge is 0.251 e. The molecule has 2 heterocycles. The van der Waals surface area contributed by atoms with Crippen LogP contribution in [0.25, 0.3) is 11.3 Å². The Morgan fingerprint density at radius 2 is 1.62 bits per heavy atom.